The number of thiophene rings is 1. The van der Waals surface area contributed by atoms with Gasteiger partial charge in [-0.1, -0.05) is 44.2 Å². The summed E-state index contributed by atoms with van der Waals surface area (Å²) in [6.45, 7) is 4.54. The Balaban J connectivity index is 1.97. The van der Waals surface area contributed by atoms with Crippen molar-refractivity contribution < 1.29 is 29.2 Å². The lowest BCUT2D eigenvalue weighted by atomic mass is 9.89. The third-order valence-corrected chi connectivity index (χ3v) is 6.18. The molecule has 0 radical (unpaired) electrons. The Morgan fingerprint density at radius 1 is 1.15 bits per heavy atom. The zero-order valence-corrected chi connectivity index (χ0v) is 20.0. The molecule has 0 aliphatic heterocycles. The second-order valence-corrected chi connectivity index (χ2v) is 9.45. The summed E-state index contributed by atoms with van der Waals surface area (Å²) in [7, 11) is 0. The van der Waals surface area contributed by atoms with Gasteiger partial charge >= 0.3 is 5.97 Å². The first kappa shape index (κ1) is 25.6. The molecule has 180 valence electrons. The summed E-state index contributed by atoms with van der Waals surface area (Å²) in [4.78, 5) is 11.9. The summed E-state index contributed by atoms with van der Waals surface area (Å²) in [5.74, 6) is -0.648. The number of hydrogen-bond acceptors (Lipinski definition) is 5. The number of carbonyl (C=O) groups is 1. The molecule has 0 aliphatic rings. The van der Waals surface area contributed by atoms with Gasteiger partial charge in [0.15, 0.2) is 0 Å². The van der Waals surface area contributed by atoms with Gasteiger partial charge in [-0.05, 0) is 63.9 Å². The molecular formula is C27H29FO5S. The number of carboxylic acid groups (broad SMARTS) is 1. The smallest absolute Gasteiger partial charge is 0.305 e. The van der Waals surface area contributed by atoms with Crippen molar-refractivity contribution in [3.63, 3.8) is 0 Å². The van der Waals surface area contributed by atoms with E-state index in [1.54, 1.807) is 35.6 Å². The summed E-state index contributed by atoms with van der Waals surface area (Å²) in [6.07, 6.45) is 0.629. The first-order valence-corrected chi connectivity index (χ1v) is 12.0. The molecule has 34 heavy (non-hydrogen) atoms. The highest BCUT2D eigenvalue weighted by Gasteiger charge is 2.17. The highest BCUT2D eigenvalue weighted by atomic mass is 32.1. The SMILES string of the molecule is CC(C)c1cc(OCc2cccs2)cc(-c2ccc(F)cc2)c1/C=C/C(O)CC(O)CC(=O)O. The molecule has 2 unspecified atom stereocenters. The number of carboxylic acids is 1. The van der Waals surface area contributed by atoms with E-state index in [2.05, 4.69) is 13.8 Å². The summed E-state index contributed by atoms with van der Waals surface area (Å²) < 4.78 is 19.7. The van der Waals surface area contributed by atoms with Crippen LogP contribution in [0.5, 0.6) is 5.75 Å². The lowest BCUT2D eigenvalue weighted by Crippen LogP contribution is -2.19. The van der Waals surface area contributed by atoms with Crippen LogP contribution < -0.4 is 4.74 Å². The topological polar surface area (TPSA) is 87.0 Å². The summed E-state index contributed by atoms with van der Waals surface area (Å²) >= 11 is 1.61. The molecule has 0 spiro atoms. The summed E-state index contributed by atoms with van der Waals surface area (Å²) in [5, 5.41) is 31.0. The van der Waals surface area contributed by atoms with Crippen LogP contribution in [0.2, 0.25) is 0 Å². The molecule has 0 saturated carbocycles. The van der Waals surface area contributed by atoms with E-state index < -0.39 is 24.6 Å². The fraction of sp³-hybridized carbons (Fsp3) is 0.296. The van der Waals surface area contributed by atoms with Crippen LogP contribution in [0, 0.1) is 5.82 Å². The Morgan fingerprint density at radius 2 is 1.88 bits per heavy atom. The Morgan fingerprint density at radius 3 is 2.50 bits per heavy atom. The predicted molar refractivity (Wildman–Crippen MR) is 132 cm³/mol. The van der Waals surface area contributed by atoms with Crippen molar-refractivity contribution in [2.75, 3.05) is 0 Å². The molecule has 1 heterocycles. The van der Waals surface area contributed by atoms with Crippen LogP contribution in [0.25, 0.3) is 17.2 Å². The Hall–Kier alpha value is -3.00. The van der Waals surface area contributed by atoms with Gasteiger partial charge in [-0.3, -0.25) is 4.79 Å². The zero-order chi connectivity index (χ0) is 24.7. The monoisotopic (exact) mass is 484 g/mol. The average molecular weight is 485 g/mol. The molecule has 3 rings (SSSR count). The van der Waals surface area contributed by atoms with E-state index >= 15 is 0 Å². The maximum Gasteiger partial charge on any atom is 0.305 e. The first-order valence-electron chi connectivity index (χ1n) is 11.1. The number of benzene rings is 2. The third kappa shape index (κ3) is 7.25. The van der Waals surface area contributed by atoms with E-state index in [0.717, 1.165) is 27.1 Å². The van der Waals surface area contributed by atoms with Crippen LogP contribution in [0.4, 0.5) is 4.39 Å². The molecule has 0 aliphatic carbocycles. The molecule has 2 atom stereocenters. The molecule has 0 amide bonds. The summed E-state index contributed by atoms with van der Waals surface area (Å²) in [5.41, 5.74) is 3.45. The number of halogens is 1. The van der Waals surface area contributed by atoms with Gasteiger partial charge in [0.05, 0.1) is 18.6 Å². The fourth-order valence-electron chi connectivity index (χ4n) is 3.66. The molecule has 0 bridgehead atoms. The van der Waals surface area contributed by atoms with Crippen molar-refractivity contribution in [2.45, 2.75) is 51.4 Å². The highest BCUT2D eigenvalue weighted by Crippen LogP contribution is 2.36. The Kier molecular flexibility index (Phi) is 8.98. The van der Waals surface area contributed by atoms with Crippen molar-refractivity contribution >= 4 is 23.4 Å². The van der Waals surface area contributed by atoms with Crippen molar-refractivity contribution in [2.24, 2.45) is 0 Å². The molecular weight excluding hydrogens is 455 g/mol. The second kappa shape index (κ2) is 11.9. The minimum atomic E-state index is -1.15. The van der Waals surface area contributed by atoms with Gasteiger partial charge in [-0.15, -0.1) is 11.3 Å². The van der Waals surface area contributed by atoms with Crippen LogP contribution in [0.3, 0.4) is 0 Å². The van der Waals surface area contributed by atoms with Crippen LogP contribution >= 0.6 is 11.3 Å². The number of ether oxygens (including phenoxy) is 1. The fourth-order valence-corrected chi connectivity index (χ4v) is 4.28. The van der Waals surface area contributed by atoms with E-state index in [4.69, 9.17) is 9.84 Å². The maximum absolute atomic E-state index is 13.6. The first-order chi connectivity index (χ1) is 16.2. The molecule has 5 nitrogen and oxygen atoms in total. The number of hydrogen-bond donors (Lipinski definition) is 3. The molecule has 3 aromatic rings. The standard InChI is InChI=1S/C27H29FO5S/c1-17(2)25-14-22(33-16-23-4-3-11-34-23)15-26(18-5-7-19(28)8-6-18)24(25)10-9-20(29)12-21(30)13-27(31)32/h3-11,14-15,17,20-21,29-30H,12-13,16H2,1-2H3,(H,31,32)/b10-9+. The number of aliphatic hydroxyl groups is 2. The Bertz CT molecular complexity index is 1110. The number of rotatable bonds is 11. The number of aliphatic hydroxyl groups excluding tert-OH is 2. The lowest BCUT2D eigenvalue weighted by molar-refractivity contribution is -0.139. The van der Waals surface area contributed by atoms with Gasteiger partial charge in [0.2, 0.25) is 0 Å². The molecule has 0 saturated heterocycles. The van der Waals surface area contributed by atoms with E-state index in [-0.39, 0.29) is 18.2 Å². The average Bonchev–Trinajstić information content (AvgIpc) is 3.29. The number of aliphatic carboxylic acids is 1. The van der Waals surface area contributed by atoms with Gasteiger partial charge in [0.25, 0.3) is 0 Å². The minimum Gasteiger partial charge on any atom is -0.488 e. The lowest BCUT2D eigenvalue weighted by Gasteiger charge is -2.19. The van der Waals surface area contributed by atoms with Crippen molar-refractivity contribution in [3.05, 3.63) is 81.8 Å². The van der Waals surface area contributed by atoms with Crippen molar-refractivity contribution in [3.8, 4) is 16.9 Å². The van der Waals surface area contributed by atoms with Gasteiger partial charge < -0.3 is 20.1 Å². The zero-order valence-electron chi connectivity index (χ0n) is 19.1. The normalized spacial score (nSPS) is 13.4. The molecule has 7 heteroatoms. The van der Waals surface area contributed by atoms with Gasteiger partial charge in [-0.2, -0.15) is 0 Å². The van der Waals surface area contributed by atoms with Crippen LogP contribution in [0.15, 0.2) is 60.0 Å². The molecule has 3 N–H and O–H groups in total. The molecule has 1 aromatic heterocycles. The van der Waals surface area contributed by atoms with Gasteiger partial charge in [0, 0.05) is 11.3 Å². The second-order valence-electron chi connectivity index (χ2n) is 8.42. The van der Waals surface area contributed by atoms with E-state index in [0.29, 0.717) is 12.4 Å². The third-order valence-electron chi connectivity index (χ3n) is 5.33. The van der Waals surface area contributed by atoms with Crippen molar-refractivity contribution in [1.82, 2.24) is 0 Å². The largest absolute Gasteiger partial charge is 0.488 e. The Labute approximate surface area is 202 Å². The molecule has 0 fully saturated rings. The highest BCUT2D eigenvalue weighted by molar-refractivity contribution is 7.09. The van der Waals surface area contributed by atoms with E-state index in [9.17, 15) is 19.4 Å². The predicted octanol–water partition coefficient (Wildman–Crippen LogP) is 5.86. The van der Waals surface area contributed by atoms with Crippen molar-refractivity contribution in [1.29, 1.82) is 0 Å². The minimum absolute atomic E-state index is 0.0896. The van der Waals surface area contributed by atoms with Gasteiger partial charge in [0.1, 0.15) is 18.2 Å². The summed E-state index contributed by atoms with van der Waals surface area (Å²) in [6, 6.07) is 14.0. The van der Waals surface area contributed by atoms with Crippen LogP contribution in [-0.2, 0) is 11.4 Å². The molecule has 2 aromatic carbocycles. The van der Waals surface area contributed by atoms with Crippen LogP contribution in [-0.4, -0.2) is 33.5 Å². The van der Waals surface area contributed by atoms with Gasteiger partial charge in [-0.25, -0.2) is 4.39 Å². The quantitative estimate of drug-likeness (QED) is 0.318. The van der Waals surface area contributed by atoms with Crippen LogP contribution in [0.1, 0.15) is 48.6 Å². The van der Waals surface area contributed by atoms with E-state index in [1.807, 2.05) is 29.6 Å². The van der Waals surface area contributed by atoms with E-state index in [1.165, 1.54) is 12.1 Å². The maximum atomic E-state index is 13.6.